The van der Waals surface area contributed by atoms with Crippen LogP contribution in [0.25, 0.3) is 0 Å². The highest BCUT2D eigenvalue weighted by atomic mass is 19.1. The maximum absolute atomic E-state index is 13.6. The number of nitrogens with one attached hydrogen (secondary N) is 2. The summed E-state index contributed by atoms with van der Waals surface area (Å²) < 4.78 is 19.0. The maximum Gasteiger partial charge on any atom is 0.254 e. The van der Waals surface area contributed by atoms with E-state index in [2.05, 4.69) is 21.6 Å². The van der Waals surface area contributed by atoms with Gasteiger partial charge in [0.15, 0.2) is 0 Å². The van der Waals surface area contributed by atoms with Crippen molar-refractivity contribution in [1.29, 1.82) is 0 Å². The number of ether oxygens (including phenoxy) is 1. The summed E-state index contributed by atoms with van der Waals surface area (Å²) in [4.78, 5) is 26.4. The summed E-state index contributed by atoms with van der Waals surface area (Å²) in [6.07, 6.45) is 0. The van der Waals surface area contributed by atoms with E-state index in [0.717, 1.165) is 44.0 Å². The lowest BCUT2D eigenvalue weighted by molar-refractivity contribution is -0.120. The third kappa shape index (κ3) is 5.61. The SMILES string of the molecule is O=C(CNC(=O)c1ccccc1F)NCc1ccccc1CN1CCOCC1. The third-order valence-electron chi connectivity index (χ3n) is 4.62. The van der Waals surface area contributed by atoms with Gasteiger partial charge in [0.05, 0.1) is 25.3 Å². The van der Waals surface area contributed by atoms with Crippen LogP contribution in [-0.2, 0) is 22.6 Å². The Labute approximate surface area is 163 Å². The van der Waals surface area contributed by atoms with E-state index in [1.807, 2.05) is 18.2 Å². The molecule has 6 nitrogen and oxygen atoms in total. The van der Waals surface area contributed by atoms with Crippen LogP contribution in [0.4, 0.5) is 4.39 Å². The number of morpholine rings is 1. The van der Waals surface area contributed by atoms with E-state index in [4.69, 9.17) is 4.74 Å². The number of rotatable bonds is 7. The molecule has 3 rings (SSSR count). The van der Waals surface area contributed by atoms with E-state index in [9.17, 15) is 14.0 Å². The fraction of sp³-hybridized carbons (Fsp3) is 0.333. The Balaban J connectivity index is 1.49. The maximum atomic E-state index is 13.6. The van der Waals surface area contributed by atoms with Crippen LogP contribution in [-0.4, -0.2) is 49.6 Å². The summed E-state index contributed by atoms with van der Waals surface area (Å²) >= 11 is 0. The van der Waals surface area contributed by atoms with E-state index in [-0.39, 0.29) is 18.0 Å². The summed E-state index contributed by atoms with van der Waals surface area (Å²) in [5, 5.41) is 5.25. The van der Waals surface area contributed by atoms with Crippen LogP contribution >= 0.6 is 0 Å². The largest absolute Gasteiger partial charge is 0.379 e. The average molecular weight is 385 g/mol. The van der Waals surface area contributed by atoms with Crippen LogP contribution in [0.3, 0.4) is 0 Å². The topological polar surface area (TPSA) is 70.7 Å². The minimum atomic E-state index is -0.613. The van der Waals surface area contributed by atoms with Gasteiger partial charge in [-0.15, -0.1) is 0 Å². The van der Waals surface area contributed by atoms with E-state index in [1.165, 1.54) is 18.2 Å². The molecule has 0 bridgehead atoms. The van der Waals surface area contributed by atoms with Gasteiger partial charge in [-0.3, -0.25) is 14.5 Å². The summed E-state index contributed by atoms with van der Waals surface area (Å²) in [5.74, 6) is -1.55. The van der Waals surface area contributed by atoms with Crippen LogP contribution < -0.4 is 10.6 Å². The van der Waals surface area contributed by atoms with Gasteiger partial charge >= 0.3 is 0 Å². The molecule has 28 heavy (non-hydrogen) atoms. The summed E-state index contributed by atoms with van der Waals surface area (Å²) in [7, 11) is 0. The quantitative estimate of drug-likeness (QED) is 0.761. The van der Waals surface area contributed by atoms with Crippen molar-refractivity contribution in [2.45, 2.75) is 13.1 Å². The highest BCUT2D eigenvalue weighted by molar-refractivity contribution is 5.96. The van der Waals surface area contributed by atoms with Gasteiger partial charge in [-0.25, -0.2) is 4.39 Å². The van der Waals surface area contributed by atoms with Crippen molar-refractivity contribution in [2.24, 2.45) is 0 Å². The Morgan fingerprint density at radius 2 is 1.64 bits per heavy atom. The highest BCUT2D eigenvalue weighted by Crippen LogP contribution is 2.13. The van der Waals surface area contributed by atoms with Gasteiger partial charge in [0.1, 0.15) is 5.82 Å². The molecule has 2 amide bonds. The van der Waals surface area contributed by atoms with Crippen molar-refractivity contribution in [1.82, 2.24) is 15.5 Å². The molecule has 1 saturated heterocycles. The molecule has 0 aliphatic carbocycles. The van der Waals surface area contributed by atoms with E-state index in [0.29, 0.717) is 6.54 Å². The molecule has 1 fully saturated rings. The highest BCUT2D eigenvalue weighted by Gasteiger charge is 2.14. The first-order chi connectivity index (χ1) is 13.6. The van der Waals surface area contributed by atoms with Crippen molar-refractivity contribution in [3.63, 3.8) is 0 Å². The van der Waals surface area contributed by atoms with E-state index < -0.39 is 11.7 Å². The smallest absolute Gasteiger partial charge is 0.254 e. The zero-order valence-corrected chi connectivity index (χ0v) is 15.6. The average Bonchev–Trinajstić information content (AvgIpc) is 2.72. The molecule has 0 atom stereocenters. The monoisotopic (exact) mass is 385 g/mol. The van der Waals surface area contributed by atoms with E-state index in [1.54, 1.807) is 6.07 Å². The molecular weight excluding hydrogens is 361 g/mol. The second-order valence-corrected chi connectivity index (χ2v) is 6.60. The van der Waals surface area contributed by atoms with Gasteiger partial charge in [-0.05, 0) is 23.3 Å². The van der Waals surface area contributed by atoms with Crippen LogP contribution in [0.1, 0.15) is 21.5 Å². The molecule has 1 aliphatic rings. The Morgan fingerprint density at radius 3 is 2.39 bits per heavy atom. The zero-order chi connectivity index (χ0) is 19.8. The third-order valence-corrected chi connectivity index (χ3v) is 4.62. The summed E-state index contributed by atoms with van der Waals surface area (Å²) in [5.41, 5.74) is 2.11. The number of carbonyl (C=O) groups is 2. The van der Waals surface area contributed by atoms with Crippen LogP contribution in [0.2, 0.25) is 0 Å². The number of hydrogen-bond donors (Lipinski definition) is 2. The Hall–Kier alpha value is -2.77. The standard InChI is InChI=1S/C21H24FN3O3/c22-19-8-4-3-7-18(19)21(27)24-14-20(26)23-13-16-5-1-2-6-17(16)15-25-9-11-28-12-10-25/h1-8H,9-15H2,(H,23,26)(H,24,27). The fourth-order valence-electron chi connectivity index (χ4n) is 3.04. The van der Waals surface area contributed by atoms with Crippen molar-refractivity contribution < 1.29 is 18.7 Å². The van der Waals surface area contributed by atoms with Crippen molar-refractivity contribution in [3.8, 4) is 0 Å². The molecule has 0 radical (unpaired) electrons. The minimum Gasteiger partial charge on any atom is -0.379 e. The number of halogens is 1. The Morgan fingerprint density at radius 1 is 0.964 bits per heavy atom. The first-order valence-electron chi connectivity index (χ1n) is 9.30. The van der Waals surface area contributed by atoms with Crippen LogP contribution in [0.15, 0.2) is 48.5 Å². The number of benzene rings is 2. The molecule has 1 heterocycles. The molecule has 2 aromatic rings. The van der Waals surface area contributed by atoms with Gasteiger partial charge in [0.25, 0.3) is 5.91 Å². The first kappa shape index (κ1) is 20.0. The molecule has 0 unspecified atom stereocenters. The Bertz CT molecular complexity index is 822. The lowest BCUT2D eigenvalue weighted by atomic mass is 10.1. The molecule has 0 saturated carbocycles. The van der Waals surface area contributed by atoms with Gasteiger partial charge in [0, 0.05) is 26.2 Å². The van der Waals surface area contributed by atoms with Crippen molar-refractivity contribution in [3.05, 3.63) is 71.0 Å². The zero-order valence-electron chi connectivity index (χ0n) is 15.6. The van der Waals surface area contributed by atoms with Gasteiger partial charge in [-0.1, -0.05) is 36.4 Å². The number of amides is 2. The minimum absolute atomic E-state index is 0.0776. The number of hydrogen-bond acceptors (Lipinski definition) is 4. The predicted molar refractivity (Wildman–Crippen MR) is 103 cm³/mol. The lowest BCUT2D eigenvalue weighted by Crippen LogP contribution is -2.37. The normalized spacial score (nSPS) is 14.5. The Kier molecular flexibility index (Phi) is 7.11. The molecule has 2 N–H and O–H groups in total. The predicted octanol–water partition coefficient (Wildman–Crippen LogP) is 1.70. The van der Waals surface area contributed by atoms with Crippen LogP contribution in [0.5, 0.6) is 0 Å². The molecule has 148 valence electrons. The second-order valence-electron chi connectivity index (χ2n) is 6.60. The number of carbonyl (C=O) groups excluding carboxylic acids is 2. The lowest BCUT2D eigenvalue weighted by Gasteiger charge is -2.27. The van der Waals surface area contributed by atoms with Crippen molar-refractivity contribution in [2.75, 3.05) is 32.8 Å². The summed E-state index contributed by atoms with van der Waals surface area (Å²) in [6, 6.07) is 13.6. The van der Waals surface area contributed by atoms with Crippen molar-refractivity contribution >= 4 is 11.8 Å². The molecule has 2 aromatic carbocycles. The van der Waals surface area contributed by atoms with Gasteiger partial charge in [0.2, 0.25) is 5.91 Å². The second kappa shape index (κ2) is 9.96. The molecule has 0 aromatic heterocycles. The molecule has 0 spiro atoms. The fourth-order valence-corrected chi connectivity index (χ4v) is 3.04. The summed E-state index contributed by atoms with van der Waals surface area (Å²) in [6.45, 7) is 4.22. The first-order valence-corrected chi connectivity index (χ1v) is 9.30. The van der Waals surface area contributed by atoms with Gasteiger partial charge in [-0.2, -0.15) is 0 Å². The number of nitrogens with zero attached hydrogens (tertiary/aromatic N) is 1. The molecule has 1 aliphatic heterocycles. The van der Waals surface area contributed by atoms with Crippen LogP contribution in [0, 0.1) is 5.82 Å². The molecular formula is C21H24FN3O3. The van der Waals surface area contributed by atoms with E-state index >= 15 is 0 Å². The molecule has 7 heteroatoms. The van der Waals surface area contributed by atoms with Gasteiger partial charge < -0.3 is 15.4 Å².